The number of nitrogens with two attached hydrogens (primary N) is 4. The van der Waals surface area contributed by atoms with Gasteiger partial charge in [0.2, 0.25) is 17.8 Å². The van der Waals surface area contributed by atoms with Gasteiger partial charge in [0.05, 0.1) is 47.5 Å². The molecule has 1 saturated carbocycles. The van der Waals surface area contributed by atoms with Crippen molar-refractivity contribution >= 4 is 99.1 Å². The van der Waals surface area contributed by atoms with Crippen molar-refractivity contribution in [1.82, 2.24) is 58.1 Å². The number of aromatic nitrogens is 12. The van der Waals surface area contributed by atoms with E-state index in [0.717, 1.165) is 198 Å². The Bertz CT molecular complexity index is 5370. The van der Waals surface area contributed by atoms with E-state index in [2.05, 4.69) is 128 Å². The van der Waals surface area contributed by atoms with Gasteiger partial charge in [-0.3, -0.25) is 23.2 Å². The number of imidazole rings is 3. The Kier molecular flexibility index (Phi) is 19.0. The van der Waals surface area contributed by atoms with Gasteiger partial charge in [0.1, 0.15) is 5.82 Å². The summed E-state index contributed by atoms with van der Waals surface area (Å²) in [6, 6.07) is 32.8. The minimum absolute atomic E-state index is 0.0277. The van der Waals surface area contributed by atoms with Crippen LogP contribution in [0.2, 0.25) is 10.0 Å². The number of halogens is 5. The van der Waals surface area contributed by atoms with E-state index in [1.807, 2.05) is 67.6 Å². The molecule has 4 aliphatic carbocycles. The summed E-state index contributed by atoms with van der Waals surface area (Å²) in [5.74, 6) is 3.70. The monoisotopic (exact) mass is 1530 g/mol. The number of hydrogen-bond acceptors (Lipinski definition) is 19. The molecule has 7 aliphatic rings. The molecular formula is C80H82Cl2F3N19S3. The van der Waals surface area contributed by atoms with Crippen LogP contribution < -0.4 is 37.6 Å². The molecule has 19 rings (SSSR count). The van der Waals surface area contributed by atoms with E-state index in [1.165, 1.54) is 70.1 Å². The summed E-state index contributed by atoms with van der Waals surface area (Å²) in [4.78, 5) is 52.6. The maximum absolute atomic E-state index is 13.5. The summed E-state index contributed by atoms with van der Waals surface area (Å²) in [5.41, 5.74) is 39.7. The van der Waals surface area contributed by atoms with Gasteiger partial charge in [-0.25, -0.2) is 34.9 Å². The fourth-order valence-corrected chi connectivity index (χ4v) is 20.9. The number of nitrogen functional groups attached to an aromatic ring is 1. The predicted octanol–water partition coefficient (Wildman–Crippen LogP) is 16.1. The summed E-state index contributed by atoms with van der Waals surface area (Å²) in [6.45, 7) is 11.2. The molecule has 9 aromatic heterocycles. The predicted molar refractivity (Wildman–Crippen MR) is 417 cm³/mol. The SMILES string of the molecule is Cc1nc(N2CCC3(CC2)Cc2ccccc2[C@H]3N)n2ccnc2c1Sc1cccnc1C(F)(F)F.Cc1nc(N2CCC3(CC2)Cc2ccccc2[C@H]3N)n2ccnc2c1Sc1ccnc(CC2CC2)c1Cl.Cc1nc(N2CCC3(CC2)Cc2ccccc2[C@H]3N)n2ccnc2c1Sc1ccnc(N)c1Cl. The number of anilines is 4. The fourth-order valence-electron chi connectivity index (χ4n) is 17.4. The van der Waals surface area contributed by atoms with Crippen molar-refractivity contribution in [2.24, 2.45) is 39.4 Å². The summed E-state index contributed by atoms with van der Waals surface area (Å²) in [6.07, 6.45) is 24.1. The van der Waals surface area contributed by atoms with Gasteiger partial charge in [0.15, 0.2) is 22.6 Å². The van der Waals surface area contributed by atoms with Crippen molar-refractivity contribution in [2.75, 3.05) is 59.7 Å². The average Bonchev–Trinajstić information content (AvgIpc) is 1.53. The highest BCUT2D eigenvalue weighted by atomic mass is 35.5. The Balaban J connectivity index is 0.000000118. The third-order valence-corrected chi connectivity index (χ3v) is 28.3. The quantitative estimate of drug-likeness (QED) is 0.0940. The second kappa shape index (κ2) is 28.5. The molecule has 550 valence electrons. The second-order valence-electron chi connectivity index (χ2n) is 29.8. The van der Waals surface area contributed by atoms with Crippen LogP contribution in [0.5, 0.6) is 0 Å². The molecule has 0 bridgehead atoms. The van der Waals surface area contributed by atoms with Gasteiger partial charge in [-0.2, -0.15) is 13.2 Å². The Morgan fingerprint density at radius 2 is 0.822 bits per heavy atom. The molecule has 0 unspecified atom stereocenters. The normalized spacial score (nSPS) is 19.7. The maximum atomic E-state index is 13.5. The maximum Gasteiger partial charge on any atom is 0.434 e. The van der Waals surface area contributed by atoms with Gasteiger partial charge < -0.3 is 37.6 Å². The van der Waals surface area contributed by atoms with Crippen LogP contribution in [-0.4, -0.2) is 97.3 Å². The number of alkyl halides is 3. The molecule has 3 spiro atoms. The first-order chi connectivity index (χ1) is 51.8. The molecule has 3 atom stereocenters. The first kappa shape index (κ1) is 71.4. The standard InChI is InChI=1S/C29H31ClN6S.C26H25F3N6S.C25H26ClN7S/c1-18-25(37-23-8-11-32-22(24(23)30)16-19-6-7-19)27-33-12-15-36(27)28(34-18)35-13-9-29(10-14-35)17-20-4-2-3-5-21(20)26(29)31;1-16-20(36-19-7-4-10-31-22(19)26(27,28)29)23-32-11-14-35(23)24(33-16)34-12-8-25(9-13-34)15-17-5-2-3-6-18(17)21(25)30;1-15-20(34-18-6-9-29-22(28)19(18)26)23-30-10-13-33(23)24(31-15)32-11-7-25(8-12-32)14-16-4-2-3-5-17(16)21(25)27/h2-5,8,11-12,15,19,26H,6-7,9-10,13-14,16-17,31H2,1H3;2-7,10-11,14,21H,8-9,12-13,15,30H2,1H3;2-6,9-10,13,21H,7-8,11-12,14,27H2,1H3,(H2,28,29)/t26-;2*21-/m111/s1. The molecule has 3 aliphatic heterocycles. The summed E-state index contributed by atoms with van der Waals surface area (Å²) >= 11 is 17.4. The van der Waals surface area contributed by atoms with E-state index in [9.17, 15) is 13.2 Å². The van der Waals surface area contributed by atoms with Gasteiger partial charge in [-0.05, 0) is 178 Å². The number of rotatable bonds is 11. The zero-order valence-corrected chi connectivity index (χ0v) is 63.6. The number of fused-ring (bicyclic) bond motifs is 6. The van der Waals surface area contributed by atoms with Gasteiger partial charge >= 0.3 is 6.18 Å². The van der Waals surface area contributed by atoms with Crippen molar-refractivity contribution in [3.63, 3.8) is 0 Å². The summed E-state index contributed by atoms with van der Waals surface area (Å²) < 4.78 is 46.7. The van der Waals surface area contributed by atoms with Crippen molar-refractivity contribution in [1.29, 1.82) is 0 Å². The molecule has 8 N–H and O–H groups in total. The van der Waals surface area contributed by atoms with E-state index in [4.69, 9.17) is 66.1 Å². The van der Waals surface area contributed by atoms with Crippen LogP contribution in [0.4, 0.5) is 36.8 Å². The zero-order valence-electron chi connectivity index (χ0n) is 59.6. The van der Waals surface area contributed by atoms with Gasteiger partial charge in [-0.15, -0.1) is 0 Å². The van der Waals surface area contributed by atoms with E-state index >= 15 is 0 Å². The van der Waals surface area contributed by atoms with Crippen LogP contribution in [-0.2, 0) is 31.9 Å². The lowest BCUT2D eigenvalue weighted by atomic mass is 9.73. The van der Waals surface area contributed by atoms with Crippen LogP contribution >= 0.6 is 58.5 Å². The summed E-state index contributed by atoms with van der Waals surface area (Å²) in [7, 11) is 0. The van der Waals surface area contributed by atoms with Gasteiger partial charge in [0, 0.05) is 128 Å². The molecule has 27 heteroatoms. The topological polar surface area (TPSA) is 243 Å². The number of benzene rings is 3. The second-order valence-corrected chi connectivity index (χ2v) is 33.7. The highest BCUT2D eigenvalue weighted by molar-refractivity contribution is 8.00. The highest BCUT2D eigenvalue weighted by Crippen LogP contribution is 2.55. The van der Waals surface area contributed by atoms with Crippen molar-refractivity contribution in [2.45, 2.75) is 151 Å². The molecule has 12 heterocycles. The molecule has 3 saturated heterocycles. The summed E-state index contributed by atoms with van der Waals surface area (Å²) in [5, 5.41) is 1.22. The highest BCUT2D eigenvalue weighted by Gasteiger charge is 2.49. The molecule has 19 nitrogen and oxygen atoms in total. The van der Waals surface area contributed by atoms with Crippen LogP contribution in [0, 0.1) is 42.9 Å². The minimum Gasteiger partial charge on any atom is -0.382 e. The molecule has 3 aromatic carbocycles. The van der Waals surface area contributed by atoms with E-state index in [0.29, 0.717) is 27.1 Å². The number of hydrogen-bond donors (Lipinski definition) is 4. The Morgan fingerprint density at radius 3 is 1.21 bits per heavy atom. The van der Waals surface area contributed by atoms with Crippen LogP contribution in [0.3, 0.4) is 0 Å². The third-order valence-electron chi connectivity index (χ3n) is 23.5. The van der Waals surface area contributed by atoms with Crippen molar-refractivity contribution < 1.29 is 13.2 Å². The van der Waals surface area contributed by atoms with E-state index in [1.54, 1.807) is 24.2 Å². The van der Waals surface area contributed by atoms with E-state index < -0.39 is 11.9 Å². The van der Waals surface area contributed by atoms with Crippen LogP contribution in [0.25, 0.3) is 16.9 Å². The smallest absolute Gasteiger partial charge is 0.382 e. The lowest BCUT2D eigenvalue weighted by molar-refractivity contribution is -0.143. The van der Waals surface area contributed by atoms with Crippen molar-refractivity contribution in [3.05, 3.63) is 225 Å². The molecule has 12 aromatic rings. The minimum atomic E-state index is -4.54. The molecule has 0 radical (unpaired) electrons. The number of nitrogens with zero attached hydrogens (tertiary/aromatic N) is 15. The third kappa shape index (κ3) is 13.2. The number of pyridine rings is 3. The number of piperidine rings is 3. The lowest BCUT2D eigenvalue weighted by Gasteiger charge is -2.42. The lowest BCUT2D eigenvalue weighted by Crippen LogP contribution is -2.45. The van der Waals surface area contributed by atoms with Crippen LogP contribution in [0.1, 0.15) is 131 Å². The molecular weight excluding hydrogens is 1450 g/mol. The van der Waals surface area contributed by atoms with Gasteiger partial charge in [0.25, 0.3) is 0 Å². The van der Waals surface area contributed by atoms with Crippen molar-refractivity contribution in [3.8, 4) is 0 Å². The Morgan fingerprint density at radius 1 is 0.449 bits per heavy atom. The molecule has 4 fully saturated rings. The Hall–Kier alpha value is -8.53. The number of aryl methyl sites for hydroxylation is 3. The van der Waals surface area contributed by atoms with E-state index in [-0.39, 0.29) is 39.3 Å². The zero-order chi connectivity index (χ0) is 73.7. The fraction of sp³-hybridized carbons (Fsp3) is 0.362. The average molecular weight is 1530 g/mol. The molecule has 0 amide bonds. The first-order valence-electron chi connectivity index (χ1n) is 36.6. The largest absolute Gasteiger partial charge is 0.434 e. The van der Waals surface area contributed by atoms with Crippen LogP contribution in [0.15, 0.2) is 182 Å². The van der Waals surface area contributed by atoms with Gasteiger partial charge in [-0.1, -0.05) is 131 Å². The Labute approximate surface area is 641 Å². The molecule has 107 heavy (non-hydrogen) atoms. The first-order valence-corrected chi connectivity index (χ1v) is 39.8.